The fourth-order valence-electron chi connectivity index (χ4n) is 1.60. The summed E-state index contributed by atoms with van der Waals surface area (Å²) in [5.74, 6) is 0.254. The molecule has 0 bridgehead atoms. The summed E-state index contributed by atoms with van der Waals surface area (Å²) in [6, 6.07) is 1.75. The summed E-state index contributed by atoms with van der Waals surface area (Å²) < 4.78 is 24.6. The van der Waals surface area contributed by atoms with Gasteiger partial charge in [0.05, 0.1) is 11.4 Å². The molecule has 2 rings (SSSR count). The molecule has 1 atom stereocenters. The molecule has 1 aromatic heterocycles. The van der Waals surface area contributed by atoms with Gasteiger partial charge in [0, 0.05) is 17.2 Å². The van der Waals surface area contributed by atoms with Crippen LogP contribution in [0, 0.1) is 5.92 Å². The Hall–Kier alpha value is -0.620. The molecule has 1 N–H and O–H groups in total. The number of nitrogens with zero attached hydrogens (tertiary/aromatic N) is 1. The SMILES string of the molecule is CC1CNc2cc(Br)cnc2S(=O)(=O)C1. The van der Waals surface area contributed by atoms with Gasteiger partial charge in [-0.05, 0) is 27.9 Å². The van der Waals surface area contributed by atoms with Crippen LogP contribution < -0.4 is 5.32 Å². The van der Waals surface area contributed by atoms with Crippen LogP contribution in [0.2, 0.25) is 0 Å². The first-order valence-electron chi connectivity index (χ1n) is 4.61. The second kappa shape index (κ2) is 3.75. The first kappa shape index (κ1) is 10.9. The highest BCUT2D eigenvalue weighted by Gasteiger charge is 2.26. The van der Waals surface area contributed by atoms with Gasteiger partial charge in [0.25, 0.3) is 0 Å². The van der Waals surface area contributed by atoms with E-state index in [0.717, 1.165) is 4.47 Å². The van der Waals surface area contributed by atoms with Crippen LogP contribution in [-0.2, 0) is 9.84 Å². The normalized spacial score (nSPS) is 23.7. The van der Waals surface area contributed by atoms with Crippen molar-refractivity contribution in [2.75, 3.05) is 17.6 Å². The molecule has 1 aromatic rings. The van der Waals surface area contributed by atoms with Crippen molar-refractivity contribution in [3.8, 4) is 0 Å². The van der Waals surface area contributed by atoms with Gasteiger partial charge in [0.1, 0.15) is 0 Å². The molecule has 1 unspecified atom stereocenters. The summed E-state index contributed by atoms with van der Waals surface area (Å²) in [6.45, 7) is 2.57. The number of aromatic nitrogens is 1. The molecule has 15 heavy (non-hydrogen) atoms. The summed E-state index contributed by atoms with van der Waals surface area (Å²) in [6.07, 6.45) is 1.51. The first-order chi connectivity index (χ1) is 6.99. The lowest BCUT2D eigenvalue weighted by atomic mass is 10.2. The largest absolute Gasteiger partial charge is 0.382 e. The number of rotatable bonds is 0. The van der Waals surface area contributed by atoms with Gasteiger partial charge in [0.15, 0.2) is 14.9 Å². The van der Waals surface area contributed by atoms with Crippen molar-refractivity contribution in [1.82, 2.24) is 4.98 Å². The first-order valence-corrected chi connectivity index (χ1v) is 7.06. The van der Waals surface area contributed by atoms with Crippen molar-refractivity contribution in [3.63, 3.8) is 0 Å². The Morgan fingerprint density at radius 3 is 3.07 bits per heavy atom. The Kier molecular flexibility index (Phi) is 2.72. The standard InChI is InChI=1S/C9H11BrN2O2S/c1-6-3-11-8-2-7(10)4-12-9(8)15(13,14)5-6/h2,4,6,11H,3,5H2,1H3. The Labute approximate surface area is 97.1 Å². The predicted molar refractivity (Wildman–Crippen MR) is 61.6 cm³/mol. The molecule has 0 fully saturated rings. The van der Waals surface area contributed by atoms with E-state index in [9.17, 15) is 8.42 Å². The molecule has 6 heteroatoms. The molecule has 0 amide bonds. The van der Waals surface area contributed by atoms with E-state index in [1.165, 1.54) is 6.20 Å². The van der Waals surface area contributed by atoms with Crippen molar-refractivity contribution in [3.05, 3.63) is 16.7 Å². The molecular formula is C9H11BrN2O2S. The Morgan fingerprint density at radius 2 is 2.33 bits per heavy atom. The molecule has 0 spiro atoms. The van der Waals surface area contributed by atoms with E-state index >= 15 is 0 Å². The molecule has 0 saturated carbocycles. The van der Waals surface area contributed by atoms with Crippen LogP contribution in [0.5, 0.6) is 0 Å². The third kappa shape index (κ3) is 2.15. The number of halogens is 1. The monoisotopic (exact) mass is 290 g/mol. The van der Waals surface area contributed by atoms with Crippen molar-refractivity contribution in [2.45, 2.75) is 11.9 Å². The van der Waals surface area contributed by atoms with Crippen LogP contribution >= 0.6 is 15.9 Å². The topological polar surface area (TPSA) is 59.1 Å². The van der Waals surface area contributed by atoms with Crippen LogP contribution in [0.25, 0.3) is 0 Å². The number of hydrogen-bond donors (Lipinski definition) is 1. The summed E-state index contributed by atoms with van der Waals surface area (Å²) in [5.41, 5.74) is 0.591. The fourth-order valence-corrected chi connectivity index (χ4v) is 3.63. The third-order valence-corrected chi connectivity index (χ3v) is 4.61. The minimum Gasteiger partial charge on any atom is -0.382 e. The minimum atomic E-state index is -3.24. The van der Waals surface area contributed by atoms with E-state index in [2.05, 4.69) is 26.2 Å². The Bertz CT molecular complexity index is 487. The van der Waals surface area contributed by atoms with E-state index in [4.69, 9.17) is 0 Å². The molecular weight excluding hydrogens is 280 g/mol. The smallest absolute Gasteiger partial charge is 0.198 e. The van der Waals surface area contributed by atoms with Gasteiger partial charge < -0.3 is 5.32 Å². The van der Waals surface area contributed by atoms with Crippen LogP contribution in [0.1, 0.15) is 6.92 Å². The quantitative estimate of drug-likeness (QED) is 0.790. The molecule has 1 aliphatic heterocycles. The highest BCUT2D eigenvalue weighted by molar-refractivity contribution is 9.10. The number of nitrogens with one attached hydrogen (secondary N) is 1. The zero-order valence-electron chi connectivity index (χ0n) is 8.20. The number of anilines is 1. The second-order valence-electron chi connectivity index (χ2n) is 3.77. The third-order valence-electron chi connectivity index (χ3n) is 2.26. The number of pyridine rings is 1. The number of sulfone groups is 1. The van der Waals surface area contributed by atoms with Gasteiger partial charge in [-0.25, -0.2) is 13.4 Å². The van der Waals surface area contributed by atoms with Crippen molar-refractivity contribution < 1.29 is 8.42 Å². The minimum absolute atomic E-state index is 0.1000. The van der Waals surface area contributed by atoms with E-state index in [0.29, 0.717) is 12.2 Å². The van der Waals surface area contributed by atoms with Gasteiger partial charge in [-0.3, -0.25) is 0 Å². The zero-order valence-corrected chi connectivity index (χ0v) is 10.6. The van der Waals surface area contributed by atoms with Crippen LogP contribution in [-0.4, -0.2) is 25.7 Å². The van der Waals surface area contributed by atoms with Crippen molar-refractivity contribution in [2.24, 2.45) is 5.92 Å². The molecule has 82 valence electrons. The summed E-state index contributed by atoms with van der Waals surface area (Å²) in [5, 5.41) is 3.26. The Balaban J connectivity index is 2.58. The molecule has 4 nitrogen and oxygen atoms in total. The summed E-state index contributed by atoms with van der Waals surface area (Å²) in [7, 11) is -3.24. The van der Waals surface area contributed by atoms with Crippen LogP contribution in [0.3, 0.4) is 0 Å². The predicted octanol–water partition coefficient (Wildman–Crippen LogP) is 1.68. The highest BCUT2D eigenvalue weighted by atomic mass is 79.9. The second-order valence-corrected chi connectivity index (χ2v) is 6.64. The maximum atomic E-state index is 11.9. The lowest BCUT2D eigenvalue weighted by molar-refractivity contribution is 0.579. The lowest BCUT2D eigenvalue weighted by Gasteiger charge is -2.06. The van der Waals surface area contributed by atoms with E-state index < -0.39 is 9.84 Å². The van der Waals surface area contributed by atoms with Gasteiger partial charge in [-0.2, -0.15) is 0 Å². The van der Waals surface area contributed by atoms with Crippen LogP contribution in [0.15, 0.2) is 21.8 Å². The summed E-state index contributed by atoms with van der Waals surface area (Å²) in [4.78, 5) is 3.97. The van der Waals surface area contributed by atoms with Gasteiger partial charge in [0.2, 0.25) is 0 Å². The average Bonchev–Trinajstić information content (AvgIpc) is 2.23. The van der Waals surface area contributed by atoms with Crippen molar-refractivity contribution in [1.29, 1.82) is 0 Å². The number of hydrogen-bond acceptors (Lipinski definition) is 4. The van der Waals surface area contributed by atoms with E-state index in [-0.39, 0.29) is 16.7 Å². The molecule has 0 saturated heterocycles. The van der Waals surface area contributed by atoms with E-state index in [1.807, 2.05) is 6.92 Å². The van der Waals surface area contributed by atoms with Gasteiger partial charge in [-0.15, -0.1) is 0 Å². The maximum absolute atomic E-state index is 11.9. The van der Waals surface area contributed by atoms with Crippen molar-refractivity contribution >= 4 is 31.5 Å². The average molecular weight is 291 g/mol. The molecule has 0 radical (unpaired) electrons. The molecule has 0 aromatic carbocycles. The Morgan fingerprint density at radius 1 is 1.60 bits per heavy atom. The maximum Gasteiger partial charge on any atom is 0.198 e. The molecule has 1 aliphatic rings. The van der Waals surface area contributed by atoms with Gasteiger partial charge >= 0.3 is 0 Å². The molecule has 2 heterocycles. The van der Waals surface area contributed by atoms with E-state index in [1.54, 1.807) is 6.07 Å². The number of fused-ring (bicyclic) bond motifs is 1. The highest BCUT2D eigenvalue weighted by Crippen LogP contribution is 2.27. The van der Waals surface area contributed by atoms with Gasteiger partial charge in [-0.1, -0.05) is 6.92 Å². The lowest BCUT2D eigenvalue weighted by Crippen LogP contribution is -2.16. The fraction of sp³-hybridized carbons (Fsp3) is 0.444. The zero-order chi connectivity index (χ0) is 11.1. The molecule has 0 aliphatic carbocycles. The summed E-state index contributed by atoms with van der Waals surface area (Å²) >= 11 is 3.27. The van der Waals surface area contributed by atoms with Crippen LogP contribution in [0.4, 0.5) is 5.69 Å².